The zero-order chi connectivity index (χ0) is 11.4. The Bertz CT molecular complexity index is 337. The molecule has 2 nitrogen and oxygen atoms in total. The smallest absolute Gasteiger partial charge is 0.0693 e. The highest BCUT2D eigenvalue weighted by atomic mass is 16.3. The lowest BCUT2D eigenvalue weighted by molar-refractivity contribution is 0.149. The van der Waals surface area contributed by atoms with Crippen LogP contribution in [0.15, 0.2) is 24.3 Å². The number of rotatable bonds is 4. The molecule has 0 heterocycles. The molecule has 0 aromatic heterocycles. The van der Waals surface area contributed by atoms with Gasteiger partial charge in [-0.25, -0.2) is 0 Å². The molecule has 2 heteroatoms. The van der Waals surface area contributed by atoms with Gasteiger partial charge in [-0.3, -0.25) is 0 Å². The van der Waals surface area contributed by atoms with Crippen LogP contribution in [0, 0.1) is 6.92 Å². The van der Waals surface area contributed by atoms with Gasteiger partial charge in [0.25, 0.3) is 0 Å². The molecule has 1 fully saturated rings. The van der Waals surface area contributed by atoms with E-state index in [9.17, 15) is 5.11 Å². The molecule has 1 saturated carbocycles. The van der Waals surface area contributed by atoms with Gasteiger partial charge in [-0.15, -0.1) is 0 Å². The zero-order valence-electron chi connectivity index (χ0n) is 9.95. The van der Waals surface area contributed by atoms with E-state index >= 15 is 0 Å². The number of aliphatic hydroxyl groups excluding tert-OH is 1. The maximum Gasteiger partial charge on any atom is 0.0693 e. The first kappa shape index (κ1) is 11.6. The van der Waals surface area contributed by atoms with Crippen LogP contribution in [0.3, 0.4) is 0 Å². The van der Waals surface area contributed by atoms with Gasteiger partial charge >= 0.3 is 0 Å². The van der Waals surface area contributed by atoms with Crippen molar-refractivity contribution in [3.05, 3.63) is 35.4 Å². The Morgan fingerprint density at radius 2 is 2.25 bits per heavy atom. The summed E-state index contributed by atoms with van der Waals surface area (Å²) in [6, 6.07) is 8.95. The molecule has 88 valence electrons. The Labute approximate surface area is 97.7 Å². The maximum absolute atomic E-state index is 9.67. The second-order valence-electron chi connectivity index (χ2n) is 4.80. The lowest BCUT2D eigenvalue weighted by Gasteiger charge is -2.16. The largest absolute Gasteiger partial charge is 0.392 e. The Kier molecular flexibility index (Phi) is 3.97. The average molecular weight is 219 g/mol. The summed E-state index contributed by atoms with van der Waals surface area (Å²) in [6.07, 6.45) is 4.16. The average Bonchev–Trinajstić information content (AvgIpc) is 2.65. The van der Waals surface area contributed by atoms with Crippen LogP contribution in [0.4, 0.5) is 0 Å². The summed E-state index contributed by atoms with van der Waals surface area (Å²) in [7, 11) is 0. The number of hydrogen-bond acceptors (Lipinski definition) is 2. The standard InChI is InChI=1S/C14H21NO/c1-11-4-2-5-12(10-11)8-9-15-13-6-3-7-14(13)16/h2,4-5,10,13-16H,3,6-9H2,1H3/t13-,14-/m0/s1. The molecular formula is C14H21NO. The summed E-state index contributed by atoms with van der Waals surface area (Å²) in [5, 5.41) is 13.1. The summed E-state index contributed by atoms with van der Waals surface area (Å²) >= 11 is 0. The first-order chi connectivity index (χ1) is 7.75. The number of aryl methyl sites for hydroxylation is 1. The van der Waals surface area contributed by atoms with Crippen LogP contribution in [0.2, 0.25) is 0 Å². The predicted molar refractivity (Wildman–Crippen MR) is 66.5 cm³/mol. The van der Waals surface area contributed by atoms with Crippen LogP contribution in [0.25, 0.3) is 0 Å². The molecule has 2 atom stereocenters. The predicted octanol–water partition coefficient (Wildman–Crippen LogP) is 2.04. The lowest BCUT2D eigenvalue weighted by Crippen LogP contribution is -2.36. The minimum atomic E-state index is -0.127. The highest BCUT2D eigenvalue weighted by molar-refractivity contribution is 5.22. The first-order valence-corrected chi connectivity index (χ1v) is 6.23. The molecule has 2 rings (SSSR count). The zero-order valence-corrected chi connectivity index (χ0v) is 9.95. The van der Waals surface area contributed by atoms with Crippen molar-refractivity contribution < 1.29 is 5.11 Å². The molecule has 1 aliphatic carbocycles. The first-order valence-electron chi connectivity index (χ1n) is 6.23. The summed E-state index contributed by atoms with van der Waals surface area (Å²) in [5.41, 5.74) is 2.69. The van der Waals surface area contributed by atoms with Gasteiger partial charge < -0.3 is 10.4 Å². The van der Waals surface area contributed by atoms with Crippen molar-refractivity contribution in [2.75, 3.05) is 6.54 Å². The summed E-state index contributed by atoms with van der Waals surface area (Å²) < 4.78 is 0. The van der Waals surface area contributed by atoms with E-state index in [0.29, 0.717) is 6.04 Å². The van der Waals surface area contributed by atoms with Crippen molar-refractivity contribution in [1.82, 2.24) is 5.32 Å². The van der Waals surface area contributed by atoms with Crippen molar-refractivity contribution in [1.29, 1.82) is 0 Å². The van der Waals surface area contributed by atoms with Gasteiger partial charge in [0.2, 0.25) is 0 Å². The fourth-order valence-electron chi connectivity index (χ4n) is 2.45. The van der Waals surface area contributed by atoms with E-state index in [-0.39, 0.29) is 6.10 Å². The molecule has 0 aliphatic heterocycles. The molecule has 0 bridgehead atoms. The van der Waals surface area contributed by atoms with Crippen LogP contribution >= 0.6 is 0 Å². The number of nitrogens with one attached hydrogen (secondary N) is 1. The Balaban J connectivity index is 1.75. The normalized spacial score (nSPS) is 24.9. The molecule has 0 radical (unpaired) electrons. The lowest BCUT2D eigenvalue weighted by atomic mass is 10.1. The molecule has 1 aromatic rings. The van der Waals surface area contributed by atoms with Crippen LogP contribution < -0.4 is 5.32 Å². The minimum absolute atomic E-state index is 0.127. The van der Waals surface area contributed by atoms with Crippen molar-refractivity contribution in [3.63, 3.8) is 0 Å². The van der Waals surface area contributed by atoms with Crippen molar-refractivity contribution in [2.24, 2.45) is 0 Å². The quantitative estimate of drug-likeness (QED) is 0.812. The van der Waals surface area contributed by atoms with Crippen molar-refractivity contribution in [3.8, 4) is 0 Å². The molecule has 0 amide bonds. The third kappa shape index (κ3) is 3.06. The molecular weight excluding hydrogens is 198 g/mol. The van der Waals surface area contributed by atoms with Crippen LogP contribution in [0.5, 0.6) is 0 Å². The highest BCUT2D eigenvalue weighted by Gasteiger charge is 2.23. The van der Waals surface area contributed by atoms with Gasteiger partial charge in [0.05, 0.1) is 6.10 Å². The monoisotopic (exact) mass is 219 g/mol. The minimum Gasteiger partial charge on any atom is -0.392 e. The summed E-state index contributed by atoms with van der Waals surface area (Å²) in [5.74, 6) is 0. The highest BCUT2D eigenvalue weighted by Crippen LogP contribution is 2.18. The van der Waals surface area contributed by atoms with Crippen LogP contribution in [-0.2, 0) is 6.42 Å². The summed E-state index contributed by atoms with van der Waals surface area (Å²) in [6.45, 7) is 3.09. The number of aliphatic hydroxyl groups is 1. The van der Waals surface area contributed by atoms with Gasteiger partial charge in [0, 0.05) is 6.04 Å². The van der Waals surface area contributed by atoms with Crippen LogP contribution in [0.1, 0.15) is 30.4 Å². The van der Waals surface area contributed by atoms with E-state index < -0.39 is 0 Å². The van der Waals surface area contributed by atoms with E-state index in [4.69, 9.17) is 0 Å². The van der Waals surface area contributed by atoms with Crippen molar-refractivity contribution in [2.45, 2.75) is 44.8 Å². The molecule has 16 heavy (non-hydrogen) atoms. The van der Waals surface area contributed by atoms with E-state index in [1.54, 1.807) is 0 Å². The van der Waals surface area contributed by atoms with E-state index in [0.717, 1.165) is 32.2 Å². The fourth-order valence-corrected chi connectivity index (χ4v) is 2.45. The van der Waals surface area contributed by atoms with Crippen molar-refractivity contribution >= 4 is 0 Å². The van der Waals surface area contributed by atoms with Gasteiger partial charge in [-0.2, -0.15) is 0 Å². The van der Waals surface area contributed by atoms with Gasteiger partial charge in [0.15, 0.2) is 0 Å². The molecule has 0 spiro atoms. The Morgan fingerprint density at radius 3 is 2.94 bits per heavy atom. The van der Waals surface area contributed by atoms with Gasteiger partial charge in [0.1, 0.15) is 0 Å². The van der Waals surface area contributed by atoms with E-state index in [2.05, 4.69) is 36.5 Å². The fraction of sp³-hybridized carbons (Fsp3) is 0.571. The number of benzene rings is 1. The second kappa shape index (κ2) is 5.46. The van der Waals surface area contributed by atoms with Gasteiger partial charge in [-0.1, -0.05) is 29.8 Å². The molecule has 0 saturated heterocycles. The Morgan fingerprint density at radius 1 is 1.38 bits per heavy atom. The van der Waals surface area contributed by atoms with Crippen LogP contribution in [-0.4, -0.2) is 23.8 Å². The summed E-state index contributed by atoms with van der Waals surface area (Å²) in [4.78, 5) is 0. The third-order valence-electron chi connectivity index (χ3n) is 3.38. The molecule has 1 aromatic carbocycles. The SMILES string of the molecule is Cc1cccc(CCN[C@H]2CCC[C@@H]2O)c1. The molecule has 2 N–H and O–H groups in total. The third-order valence-corrected chi connectivity index (χ3v) is 3.38. The number of hydrogen-bond donors (Lipinski definition) is 2. The topological polar surface area (TPSA) is 32.3 Å². The molecule has 1 aliphatic rings. The van der Waals surface area contributed by atoms with Gasteiger partial charge in [-0.05, 0) is 44.7 Å². The maximum atomic E-state index is 9.67. The van der Waals surface area contributed by atoms with E-state index in [1.165, 1.54) is 11.1 Å². The second-order valence-corrected chi connectivity index (χ2v) is 4.80. The molecule has 0 unspecified atom stereocenters. The van der Waals surface area contributed by atoms with E-state index in [1.807, 2.05) is 0 Å². The Hall–Kier alpha value is -0.860.